The maximum Gasteiger partial charge on any atom is 0.407 e. The van der Waals surface area contributed by atoms with E-state index in [9.17, 15) is 20.1 Å². The molecule has 2 unspecified atom stereocenters. The van der Waals surface area contributed by atoms with E-state index in [0.717, 1.165) is 0 Å². The van der Waals surface area contributed by atoms with E-state index in [1.165, 1.54) is 19.2 Å². The number of ether oxygens (including phenoxy) is 2. The second-order valence-electron chi connectivity index (χ2n) is 5.95. The zero-order valence-electron chi connectivity index (χ0n) is 13.5. The van der Waals surface area contributed by atoms with E-state index in [0.29, 0.717) is 9.13 Å². The summed E-state index contributed by atoms with van der Waals surface area (Å²) < 4.78 is 10.5. The lowest BCUT2D eigenvalue weighted by Gasteiger charge is -2.22. The topological polar surface area (TPSA) is 108 Å². The van der Waals surface area contributed by atoms with Gasteiger partial charge in [-0.15, -0.1) is 0 Å². The van der Waals surface area contributed by atoms with Crippen LogP contribution in [0.3, 0.4) is 0 Å². The number of aliphatic hydroxyl groups is 2. The molecule has 0 spiro atoms. The molecule has 1 rings (SSSR count). The Morgan fingerprint density at radius 1 is 1.35 bits per heavy atom. The summed E-state index contributed by atoms with van der Waals surface area (Å²) in [6, 6.07) is 2.96. The molecule has 8 heteroatoms. The van der Waals surface area contributed by atoms with Gasteiger partial charge in [-0.05, 0) is 61.1 Å². The average Bonchev–Trinajstić information content (AvgIpc) is 2.44. The Morgan fingerprint density at radius 3 is 2.48 bits per heavy atom. The molecule has 0 saturated heterocycles. The van der Waals surface area contributed by atoms with Gasteiger partial charge in [-0.25, -0.2) is 4.79 Å². The number of phenolic OH excluding ortho intramolecular Hbond substituents is 1. The Labute approximate surface area is 148 Å². The van der Waals surface area contributed by atoms with Gasteiger partial charge in [0.25, 0.3) is 0 Å². The van der Waals surface area contributed by atoms with Crippen LogP contribution in [0.2, 0.25) is 0 Å². The van der Waals surface area contributed by atoms with Crippen molar-refractivity contribution in [2.45, 2.75) is 38.6 Å². The van der Waals surface area contributed by atoms with Crippen LogP contribution in [0.1, 0.15) is 32.4 Å². The number of rotatable bonds is 5. The van der Waals surface area contributed by atoms with Crippen LogP contribution in [0.15, 0.2) is 12.1 Å². The van der Waals surface area contributed by atoms with Crippen LogP contribution >= 0.6 is 22.6 Å². The number of amides is 1. The molecule has 0 bridgehead atoms. The van der Waals surface area contributed by atoms with Gasteiger partial charge in [0.15, 0.2) is 11.5 Å². The summed E-state index contributed by atoms with van der Waals surface area (Å²) in [6.07, 6.45) is -3.18. The van der Waals surface area contributed by atoms with Crippen molar-refractivity contribution in [1.82, 2.24) is 5.32 Å². The van der Waals surface area contributed by atoms with Crippen molar-refractivity contribution in [3.63, 3.8) is 0 Å². The van der Waals surface area contributed by atoms with Crippen molar-refractivity contribution in [2.75, 3.05) is 13.7 Å². The van der Waals surface area contributed by atoms with Crippen molar-refractivity contribution in [3.8, 4) is 11.5 Å². The molecule has 1 aromatic rings. The Morgan fingerprint density at radius 2 is 1.96 bits per heavy atom. The smallest absolute Gasteiger partial charge is 0.407 e. The lowest BCUT2D eigenvalue weighted by Crippen LogP contribution is -2.38. The van der Waals surface area contributed by atoms with Crippen molar-refractivity contribution < 1.29 is 29.6 Å². The van der Waals surface area contributed by atoms with E-state index in [-0.39, 0.29) is 18.0 Å². The largest absolute Gasteiger partial charge is 0.504 e. The lowest BCUT2D eigenvalue weighted by molar-refractivity contribution is 0.0128. The van der Waals surface area contributed by atoms with Crippen LogP contribution in [0.5, 0.6) is 11.5 Å². The van der Waals surface area contributed by atoms with Crippen molar-refractivity contribution in [2.24, 2.45) is 0 Å². The van der Waals surface area contributed by atoms with Gasteiger partial charge in [0, 0.05) is 6.54 Å². The number of carbonyl (C=O) groups is 1. The molecule has 0 radical (unpaired) electrons. The molecule has 1 amide bonds. The molecule has 23 heavy (non-hydrogen) atoms. The number of hydrogen-bond acceptors (Lipinski definition) is 6. The molecule has 7 nitrogen and oxygen atoms in total. The summed E-state index contributed by atoms with van der Waals surface area (Å²) in [5.41, 5.74) is -0.281. The Balaban J connectivity index is 2.72. The van der Waals surface area contributed by atoms with E-state index in [2.05, 4.69) is 5.32 Å². The van der Waals surface area contributed by atoms with Crippen molar-refractivity contribution in [1.29, 1.82) is 0 Å². The SMILES string of the molecule is COc1cc(C(O)C(O)CNC(=O)OC(C)(C)C)cc(I)c1O. The standard InChI is InChI=1S/C15H22INO6/c1-15(2,3)23-14(21)17-7-10(18)12(19)8-5-9(16)13(20)11(6-8)22-4/h5-6,10,12,18-20H,7H2,1-4H3,(H,17,21). The highest BCUT2D eigenvalue weighted by molar-refractivity contribution is 14.1. The van der Waals surface area contributed by atoms with Crippen LogP contribution in [0.25, 0.3) is 0 Å². The van der Waals surface area contributed by atoms with Crippen LogP contribution in [-0.4, -0.2) is 46.8 Å². The third-order valence-electron chi connectivity index (χ3n) is 2.83. The van der Waals surface area contributed by atoms with E-state index in [1.54, 1.807) is 20.8 Å². The Bertz CT molecular complexity index is 558. The first kappa shape index (κ1) is 19.8. The molecule has 0 heterocycles. The van der Waals surface area contributed by atoms with E-state index in [1.807, 2.05) is 22.6 Å². The molecule has 2 atom stereocenters. The van der Waals surface area contributed by atoms with Crippen LogP contribution in [-0.2, 0) is 4.74 Å². The summed E-state index contributed by atoms with van der Waals surface area (Å²) >= 11 is 1.89. The maximum atomic E-state index is 11.5. The lowest BCUT2D eigenvalue weighted by atomic mass is 10.0. The number of phenols is 1. The number of carbonyl (C=O) groups excluding carboxylic acids is 1. The Kier molecular flexibility index (Phi) is 6.90. The van der Waals surface area contributed by atoms with E-state index >= 15 is 0 Å². The number of methoxy groups -OCH3 is 1. The zero-order chi connectivity index (χ0) is 17.8. The van der Waals surface area contributed by atoms with E-state index in [4.69, 9.17) is 9.47 Å². The molecule has 0 aliphatic rings. The van der Waals surface area contributed by atoms with Crippen LogP contribution in [0.4, 0.5) is 4.79 Å². The molecule has 4 N–H and O–H groups in total. The molecule has 0 saturated carbocycles. The number of nitrogens with one attached hydrogen (secondary N) is 1. The van der Waals surface area contributed by atoms with Crippen LogP contribution in [0, 0.1) is 3.57 Å². The minimum Gasteiger partial charge on any atom is -0.504 e. The maximum absolute atomic E-state index is 11.5. The molecule has 0 aliphatic carbocycles. The molecule has 0 fully saturated rings. The van der Waals surface area contributed by atoms with Gasteiger partial charge < -0.3 is 30.1 Å². The number of hydrogen-bond donors (Lipinski definition) is 4. The summed E-state index contributed by atoms with van der Waals surface area (Å²) in [5, 5.41) is 32.4. The van der Waals surface area contributed by atoms with Crippen molar-refractivity contribution >= 4 is 28.7 Å². The second kappa shape index (κ2) is 8.02. The summed E-state index contributed by atoms with van der Waals surface area (Å²) in [7, 11) is 1.39. The van der Waals surface area contributed by atoms with Gasteiger partial charge in [0.1, 0.15) is 17.8 Å². The van der Waals surface area contributed by atoms with E-state index < -0.39 is 23.9 Å². The third-order valence-corrected chi connectivity index (χ3v) is 3.65. The highest BCUT2D eigenvalue weighted by Crippen LogP contribution is 2.34. The predicted octanol–water partition coefficient (Wildman–Crippen LogP) is 1.92. The highest BCUT2D eigenvalue weighted by atomic mass is 127. The van der Waals surface area contributed by atoms with Gasteiger partial charge >= 0.3 is 6.09 Å². The number of aromatic hydroxyl groups is 1. The molecule has 0 aliphatic heterocycles. The average molecular weight is 439 g/mol. The summed E-state index contributed by atoms with van der Waals surface area (Å²) in [5.74, 6) is 0.156. The number of alkyl carbamates (subject to hydrolysis) is 1. The zero-order valence-corrected chi connectivity index (χ0v) is 15.6. The van der Waals surface area contributed by atoms with Gasteiger partial charge in [-0.2, -0.15) is 0 Å². The third kappa shape index (κ3) is 6.04. The van der Waals surface area contributed by atoms with Crippen LogP contribution < -0.4 is 10.1 Å². The van der Waals surface area contributed by atoms with Gasteiger partial charge in [-0.3, -0.25) is 0 Å². The summed E-state index contributed by atoms with van der Waals surface area (Å²) in [6.45, 7) is 4.99. The fourth-order valence-electron chi connectivity index (χ4n) is 1.76. The quantitative estimate of drug-likeness (QED) is 0.523. The molecular formula is C15H22INO6. The highest BCUT2D eigenvalue weighted by Gasteiger charge is 2.23. The number of aliphatic hydroxyl groups excluding tert-OH is 2. The van der Waals surface area contributed by atoms with Gasteiger partial charge in [-0.1, -0.05) is 0 Å². The first-order valence-corrected chi connectivity index (χ1v) is 8.02. The monoisotopic (exact) mass is 439 g/mol. The Hall–Kier alpha value is -1.26. The first-order valence-electron chi connectivity index (χ1n) is 6.94. The molecular weight excluding hydrogens is 417 g/mol. The molecule has 0 aromatic heterocycles. The van der Waals surface area contributed by atoms with Gasteiger partial charge in [0.2, 0.25) is 0 Å². The first-order chi connectivity index (χ1) is 10.5. The fourth-order valence-corrected chi connectivity index (χ4v) is 2.38. The molecule has 1 aromatic carbocycles. The van der Waals surface area contributed by atoms with Gasteiger partial charge in [0.05, 0.1) is 10.7 Å². The number of halogens is 1. The second-order valence-corrected chi connectivity index (χ2v) is 7.11. The van der Waals surface area contributed by atoms with Crippen molar-refractivity contribution in [3.05, 3.63) is 21.3 Å². The predicted molar refractivity (Wildman–Crippen MR) is 92.6 cm³/mol. The number of benzene rings is 1. The summed E-state index contributed by atoms with van der Waals surface area (Å²) in [4.78, 5) is 11.5. The fraction of sp³-hybridized carbons (Fsp3) is 0.533. The minimum atomic E-state index is -1.26. The molecule has 130 valence electrons. The minimum absolute atomic E-state index is 0.0366. The normalized spacial score (nSPS) is 14.0.